The molecule has 0 aliphatic rings. The summed E-state index contributed by atoms with van der Waals surface area (Å²) in [5.41, 5.74) is 0. The number of carbonyl (C=O) groups is 1. The van der Waals surface area contributed by atoms with Crippen molar-refractivity contribution < 1.29 is 17.6 Å². The fourth-order valence-corrected chi connectivity index (χ4v) is 2.21. The monoisotopic (exact) mass is 230 g/mol. The molecule has 0 heterocycles. The summed E-state index contributed by atoms with van der Waals surface area (Å²) in [6.07, 6.45) is 0.367. The van der Waals surface area contributed by atoms with Gasteiger partial charge in [-0.25, -0.2) is 12.8 Å². The van der Waals surface area contributed by atoms with Gasteiger partial charge in [-0.1, -0.05) is 0 Å². The maximum Gasteiger partial charge on any atom is 0.190 e. The molecule has 1 rings (SSSR count). The summed E-state index contributed by atoms with van der Waals surface area (Å²) in [6.45, 7) is 2.61. The van der Waals surface area contributed by atoms with Gasteiger partial charge < -0.3 is 4.79 Å². The van der Waals surface area contributed by atoms with E-state index in [0.717, 1.165) is 24.3 Å². The molecule has 15 heavy (non-hydrogen) atoms. The van der Waals surface area contributed by atoms with Gasteiger partial charge in [0.25, 0.3) is 0 Å². The van der Waals surface area contributed by atoms with E-state index in [1.54, 1.807) is 0 Å². The normalized spacial score (nSPS) is 12.5. The number of hydrogen-bond donors (Lipinski definition) is 0. The molecule has 0 unspecified atom stereocenters. The van der Waals surface area contributed by atoms with Crippen LogP contribution in [-0.4, -0.2) is 19.5 Å². The van der Waals surface area contributed by atoms with Crippen LogP contribution in [0.3, 0.4) is 0 Å². The van der Waals surface area contributed by atoms with Crippen molar-refractivity contribution in [3.63, 3.8) is 0 Å². The molecule has 5 heteroatoms. The average molecular weight is 230 g/mol. The fourth-order valence-electron chi connectivity index (χ4n) is 0.981. The van der Waals surface area contributed by atoms with Crippen LogP contribution in [0.1, 0.15) is 13.8 Å². The van der Waals surface area contributed by atoms with E-state index in [0.29, 0.717) is 6.29 Å². The summed E-state index contributed by atoms with van der Waals surface area (Å²) in [5, 5.41) is 0. The maximum absolute atomic E-state index is 12.6. The molecule has 3 nitrogen and oxygen atoms in total. The minimum absolute atomic E-state index is 0.0546. The smallest absolute Gasteiger partial charge is 0.190 e. The van der Waals surface area contributed by atoms with Gasteiger partial charge in [0.15, 0.2) is 9.84 Å². The molecule has 1 aromatic carbocycles. The average Bonchev–Trinajstić information content (AvgIpc) is 2.18. The third-order valence-electron chi connectivity index (χ3n) is 2.10. The van der Waals surface area contributed by atoms with Crippen LogP contribution < -0.4 is 0 Å². The van der Waals surface area contributed by atoms with E-state index in [9.17, 15) is 17.6 Å². The van der Waals surface area contributed by atoms with Crippen molar-refractivity contribution in [3.8, 4) is 0 Å². The summed E-state index contributed by atoms with van der Waals surface area (Å²) < 4.78 is 34.8. The van der Waals surface area contributed by atoms with Crippen LogP contribution in [0.5, 0.6) is 0 Å². The highest BCUT2D eigenvalue weighted by atomic mass is 32.2. The van der Waals surface area contributed by atoms with Crippen LogP contribution in [0.25, 0.3) is 0 Å². The second-order valence-electron chi connectivity index (χ2n) is 3.68. The van der Waals surface area contributed by atoms with Crippen molar-refractivity contribution in [1.29, 1.82) is 0 Å². The van der Waals surface area contributed by atoms with Crippen molar-refractivity contribution in [2.24, 2.45) is 0 Å². The predicted molar refractivity (Wildman–Crippen MR) is 53.7 cm³/mol. The Bertz CT molecular complexity index is 460. The third kappa shape index (κ3) is 2.07. The number of hydrogen-bond acceptors (Lipinski definition) is 3. The Morgan fingerprint density at radius 1 is 1.20 bits per heavy atom. The van der Waals surface area contributed by atoms with E-state index in [1.807, 2.05) is 0 Å². The molecule has 0 aliphatic heterocycles. The summed E-state index contributed by atoms with van der Waals surface area (Å²) in [4.78, 5) is 10.6. The summed E-state index contributed by atoms with van der Waals surface area (Å²) in [5.74, 6) is -0.516. The zero-order valence-electron chi connectivity index (χ0n) is 8.40. The van der Waals surface area contributed by atoms with Gasteiger partial charge >= 0.3 is 0 Å². The highest BCUT2D eigenvalue weighted by Crippen LogP contribution is 2.23. The van der Waals surface area contributed by atoms with Gasteiger partial charge in [0, 0.05) is 0 Å². The predicted octanol–water partition coefficient (Wildman–Crippen LogP) is 1.58. The highest BCUT2D eigenvalue weighted by molar-refractivity contribution is 7.93. The summed E-state index contributed by atoms with van der Waals surface area (Å²) >= 11 is 0. The van der Waals surface area contributed by atoms with E-state index in [-0.39, 0.29) is 4.90 Å². The zero-order chi connectivity index (χ0) is 11.7. The SMILES string of the molecule is CC(C)(C=O)S(=O)(=O)c1ccc(F)cc1. The molecule has 0 bridgehead atoms. The molecule has 0 aromatic heterocycles. The molecular weight excluding hydrogens is 219 g/mol. The van der Waals surface area contributed by atoms with Crippen molar-refractivity contribution in [2.45, 2.75) is 23.5 Å². The topological polar surface area (TPSA) is 51.2 Å². The summed E-state index contributed by atoms with van der Waals surface area (Å²) in [7, 11) is -3.74. The number of halogens is 1. The Balaban J connectivity index is 3.30. The zero-order valence-corrected chi connectivity index (χ0v) is 9.21. The van der Waals surface area contributed by atoms with E-state index in [1.165, 1.54) is 13.8 Å². The maximum atomic E-state index is 12.6. The van der Waals surface area contributed by atoms with Crippen molar-refractivity contribution in [3.05, 3.63) is 30.1 Å². The van der Waals surface area contributed by atoms with Gasteiger partial charge in [-0.05, 0) is 38.1 Å². The molecule has 0 aliphatic carbocycles. The molecule has 0 saturated heterocycles. The highest BCUT2D eigenvalue weighted by Gasteiger charge is 2.35. The van der Waals surface area contributed by atoms with Crippen LogP contribution in [0, 0.1) is 5.82 Å². The minimum Gasteiger partial charge on any atom is -0.302 e. The third-order valence-corrected chi connectivity index (χ3v) is 4.47. The Morgan fingerprint density at radius 2 is 1.67 bits per heavy atom. The first kappa shape index (κ1) is 11.8. The van der Waals surface area contributed by atoms with Gasteiger partial charge in [0.05, 0.1) is 4.90 Å². The Morgan fingerprint density at radius 3 is 2.07 bits per heavy atom. The first-order valence-electron chi connectivity index (χ1n) is 4.28. The molecule has 0 spiro atoms. The molecule has 0 radical (unpaired) electrons. The van der Waals surface area contributed by atoms with E-state index in [4.69, 9.17) is 0 Å². The number of benzene rings is 1. The molecular formula is C10H11FO3S. The van der Waals surface area contributed by atoms with E-state index < -0.39 is 20.4 Å². The van der Waals surface area contributed by atoms with Crippen molar-refractivity contribution in [1.82, 2.24) is 0 Å². The van der Waals surface area contributed by atoms with Gasteiger partial charge in [0.2, 0.25) is 0 Å². The molecule has 0 amide bonds. The largest absolute Gasteiger partial charge is 0.302 e. The molecule has 0 saturated carbocycles. The number of carbonyl (C=O) groups excluding carboxylic acids is 1. The van der Waals surface area contributed by atoms with E-state index >= 15 is 0 Å². The fraction of sp³-hybridized carbons (Fsp3) is 0.300. The Labute approximate surface area is 87.8 Å². The second-order valence-corrected chi connectivity index (χ2v) is 6.21. The molecule has 0 fully saturated rings. The Hall–Kier alpha value is -1.23. The molecule has 1 aromatic rings. The number of rotatable bonds is 3. The van der Waals surface area contributed by atoms with Gasteiger partial charge in [0.1, 0.15) is 16.9 Å². The lowest BCUT2D eigenvalue weighted by atomic mass is 10.2. The lowest BCUT2D eigenvalue weighted by molar-refractivity contribution is -0.109. The minimum atomic E-state index is -3.74. The van der Waals surface area contributed by atoms with Crippen LogP contribution in [0.4, 0.5) is 4.39 Å². The molecule has 0 atom stereocenters. The van der Waals surface area contributed by atoms with Crippen LogP contribution in [0.15, 0.2) is 29.2 Å². The molecule has 82 valence electrons. The number of sulfone groups is 1. The van der Waals surface area contributed by atoms with Gasteiger partial charge in [-0.3, -0.25) is 0 Å². The number of aldehydes is 1. The Kier molecular flexibility index (Phi) is 2.95. The lowest BCUT2D eigenvalue weighted by Gasteiger charge is -2.17. The van der Waals surface area contributed by atoms with Crippen LogP contribution in [0.2, 0.25) is 0 Å². The molecule has 0 N–H and O–H groups in total. The van der Waals surface area contributed by atoms with Crippen molar-refractivity contribution in [2.75, 3.05) is 0 Å². The van der Waals surface area contributed by atoms with Crippen molar-refractivity contribution >= 4 is 16.1 Å². The first-order chi connectivity index (χ1) is 6.81. The second kappa shape index (κ2) is 3.73. The lowest BCUT2D eigenvalue weighted by Crippen LogP contribution is -2.33. The van der Waals surface area contributed by atoms with Crippen LogP contribution in [-0.2, 0) is 14.6 Å². The first-order valence-corrected chi connectivity index (χ1v) is 5.76. The van der Waals surface area contributed by atoms with E-state index in [2.05, 4.69) is 0 Å². The quantitative estimate of drug-likeness (QED) is 0.585. The summed E-state index contributed by atoms with van der Waals surface area (Å²) in [6, 6.07) is 4.40. The van der Waals surface area contributed by atoms with Gasteiger partial charge in [-0.2, -0.15) is 0 Å². The standard InChI is InChI=1S/C10H11FO3S/c1-10(2,7-12)15(13,14)9-5-3-8(11)4-6-9/h3-7H,1-2H3. The van der Waals surface area contributed by atoms with Gasteiger partial charge in [-0.15, -0.1) is 0 Å². The van der Waals surface area contributed by atoms with Crippen LogP contribution >= 0.6 is 0 Å².